The molecule has 0 amide bonds. The van der Waals surface area contributed by atoms with E-state index < -0.39 is 0 Å². The van der Waals surface area contributed by atoms with Gasteiger partial charge in [0.25, 0.3) is 0 Å². The van der Waals surface area contributed by atoms with Crippen LogP contribution in [0.5, 0.6) is 0 Å². The van der Waals surface area contributed by atoms with Gasteiger partial charge in [0, 0.05) is 0 Å². The Morgan fingerprint density at radius 2 is 1.11 bits per heavy atom. The molecule has 1 aliphatic carbocycles. The molecule has 0 unspecified atom stereocenters. The molecule has 0 N–H and O–H groups in total. The monoisotopic (exact) mass is 216 g/mol. The molecule has 0 aromatic rings. The first-order chi connectivity index (χ1) is 2.50. The SMILES string of the molecule is C1=CCC=C1.[Cl-].[Cl-].[Cl-].[Sc+3]. The molecule has 0 nitrogen and oxygen atoms in total. The van der Waals surface area contributed by atoms with E-state index in [1.54, 1.807) is 0 Å². The van der Waals surface area contributed by atoms with Crippen molar-refractivity contribution in [3.05, 3.63) is 24.3 Å². The van der Waals surface area contributed by atoms with E-state index in [-0.39, 0.29) is 63.1 Å². The van der Waals surface area contributed by atoms with Crippen LogP contribution in [0.25, 0.3) is 0 Å². The summed E-state index contributed by atoms with van der Waals surface area (Å²) < 4.78 is 0. The van der Waals surface area contributed by atoms with Crippen molar-refractivity contribution >= 4 is 0 Å². The van der Waals surface area contributed by atoms with Crippen molar-refractivity contribution in [2.45, 2.75) is 6.42 Å². The quantitative estimate of drug-likeness (QED) is 0.378. The Hall–Kier alpha value is 1.22. The first-order valence-electron chi connectivity index (χ1n) is 1.82. The second kappa shape index (κ2) is 16.1. The summed E-state index contributed by atoms with van der Waals surface area (Å²) in [6.07, 6.45) is 9.50. The second-order valence-corrected chi connectivity index (χ2v) is 1.09. The van der Waals surface area contributed by atoms with Gasteiger partial charge in [0.15, 0.2) is 0 Å². The maximum atomic E-state index is 2.12. The summed E-state index contributed by atoms with van der Waals surface area (Å²) in [5, 5.41) is 0. The number of hydrogen-bond donors (Lipinski definition) is 0. The summed E-state index contributed by atoms with van der Waals surface area (Å²) in [5.41, 5.74) is 0. The van der Waals surface area contributed by atoms with Crippen molar-refractivity contribution < 1.29 is 63.1 Å². The molecule has 0 aliphatic heterocycles. The van der Waals surface area contributed by atoms with Gasteiger partial charge >= 0.3 is 25.8 Å². The Labute approximate surface area is 93.2 Å². The molecule has 4 heteroatoms. The standard InChI is InChI=1S/C5H6.3ClH.Sc/c1-2-4-5-3-1;;;;/h1-4H,5H2;3*1H;/q;;;;+3/p-3. The summed E-state index contributed by atoms with van der Waals surface area (Å²) in [6.45, 7) is 0. The molecule has 0 saturated carbocycles. The Morgan fingerprint density at radius 3 is 1.22 bits per heavy atom. The van der Waals surface area contributed by atoms with Crippen LogP contribution < -0.4 is 37.2 Å². The smallest absolute Gasteiger partial charge is 1.00 e. The van der Waals surface area contributed by atoms with Gasteiger partial charge in [-0.25, -0.2) is 0 Å². The van der Waals surface area contributed by atoms with Crippen molar-refractivity contribution in [1.29, 1.82) is 0 Å². The van der Waals surface area contributed by atoms with E-state index in [1.165, 1.54) is 0 Å². The normalized spacial score (nSPS) is 9.78. The van der Waals surface area contributed by atoms with Crippen LogP contribution in [0.3, 0.4) is 0 Å². The molecule has 0 aromatic carbocycles. The van der Waals surface area contributed by atoms with Gasteiger partial charge in [-0.15, -0.1) is 0 Å². The zero-order chi connectivity index (χ0) is 3.54. The van der Waals surface area contributed by atoms with Crippen LogP contribution in [0.1, 0.15) is 6.42 Å². The van der Waals surface area contributed by atoms with Crippen LogP contribution in [0.2, 0.25) is 0 Å². The predicted octanol–water partition coefficient (Wildman–Crippen LogP) is -7.49. The average Bonchev–Trinajstić information content (AvgIpc) is 1.76. The van der Waals surface area contributed by atoms with E-state index in [0.717, 1.165) is 6.42 Å². The zero-order valence-electron chi connectivity index (χ0n) is 4.73. The third-order valence-corrected chi connectivity index (χ3v) is 0.655. The van der Waals surface area contributed by atoms with E-state index in [2.05, 4.69) is 24.3 Å². The van der Waals surface area contributed by atoms with Gasteiger partial charge in [0.1, 0.15) is 0 Å². The predicted molar refractivity (Wildman–Crippen MR) is 22.9 cm³/mol. The van der Waals surface area contributed by atoms with Gasteiger partial charge in [-0.05, 0) is 6.42 Å². The number of halogens is 3. The Balaban J connectivity index is -0.0000000312. The average molecular weight is 217 g/mol. The molecule has 0 bridgehead atoms. The van der Waals surface area contributed by atoms with Crippen molar-refractivity contribution in [1.82, 2.24) is 0 Å². The summed E-state index contributed by atoms with van der Waals surface area (Å²) >= 11 is 0. The molecular weight excluding hydrogens is 211 g/mol. The van der Waals surface area contributed by atoms with Crippen molar-refractivity contribution in [2.75, 3.05) is 0 Å². The third kappa shape index (κ3) is 12.4. The topological polar surface area (TPSA) is 0 Å². The molecular formula is C5H6Cl3Sc. The molecule has 0 fully saturated rings. The van der Waals surface area contributed by atoms with Crippen LogP contribution in [-0.2, 0) is 25.8 Å². The number of allylic oxidation sites excluding steroid dienone is 4. The van der Waals surface area contributed by atoms with E-state index in [4.69, 9.17) is 0 Å². The summed E-state index contributed by atoms with van der Waals surface area (Å²) in [6, 6.07) is 0. The van der Waals surface area contributed by atoms with E-state index in [0.29, 0.717) is 0 Å². The van der Waals surface area contributed by atoms with Crippen molar-refractivity contribution in [3.63, 3.8) is 0 Å². The summed E-state index contributed by atoms with van der Waals surface area (Å²) in [5.74, 6) is 0. The molecule has 1 aliphatic rings. The van der Waals surface area contributed by atoms with E-state index >= 15 is 0 Å². The van der Waals surface area contributed by atoms with Crippen LogP contribution in [0.15, 0.2) is 24.3 Å². The van der Waals surface area contributed by atoms with Gasteiger partial charge in [0.05, 0.1) is 0 Å². The van der Waals surface area contributed by atoms with Crippen molar-refractivity contribution in [2.24, 2.45) is 0 Å². The number of hydrogen-bond acceptors (Lipinski definition) is 0. The minimum Gasteiger partial charge on any atom is -1.00 e. The molecule has 0 atom stereocenters. The van der Waals surface area contributed by atoms with Crippen LogP contribution in [-0.4, -0.2) is 0 Å². The molecule has 0 heterocycles. The van der Waals surface area contributed by atoms with Crippen LogP contribution in [0.4, 0.5) is 0 Å². The maximum Gasteiger partial charge on any atom is 3.00 e. The molecule has 1 rings (SSSR count). The van der Waals surface area contributed by atoms with Crippen molar-refractivity contribution in [3.8, 4) is 0 Å². The zero-order valence-corrected chi connectivity index (χ0v) is 8.80. The Kier molecular flexibility index (Phi) is 40.2. The first-order valence-corrected chi connectivity index (χ1v) is 1.82. The minimum atomic E-state index is 0. The molecule has 0 saturated heterocycles. The largest absolute Gasteiger partial charge is 3.00 e. The third-order valence-electron chi connectivity index (χ3n) is 0.655. The van der Waals surface area contributed by atoms with Gasteiger partial charge in [-0.3, -0.25) is 0 Å². The minimum absolute atomic E-state index is 0. The van der Waals surface area contributed by atoms with Gasteiger partial charge in [-0.2, -0.15) is 0 Å². The summed E-state index contributed by atoms with van der Waals surface area (Å²) in [7, 11) is 0. The van der Waals surface area contributed by atoms with E-state index in [1.807, 2.05) is 0 Å². The van der Waals surface area contributed by atoms with Gasteiger partial charge < -0.3 is 37.2 Å². The summed E-state index contributed by atoms with van der Waals surface area (Å²) in [4.78, 5) is 0. The molecule has 0 aromatic heterocycles. The van der Waals surface area contributed by atoms with Gasteiger partial charge in [0.2, 0.25) is 0 Å². The van der Waals surface area contributed by atoms with Gasteiger partial charge in [-0.1, -0.05) is 24.3 Å². The number of rotatable bonds is 0. The molecule has 0 radical (unpaired) electrons. The van der Waals surface area contributed by atoms with E-state index in [9.17, 15) is 0 Å². The molecule has 9 heavy (non-hydrogen) atoms. The van der Waals surface area contributed by atoms with Crippen LogP contribution in [0, 0.1) is 0 Å². The maximum absolute atomic E-state index is 2.12. The molecule has 0 spiro atoms. The Morgan fingerprint density at radius 1 is 0.778 bits per heavy atom. The fourth-order valence-corrected chi connectivity index (χ4v) is 0.393. The fraction of sp³-hybridized carbons (Fsp3) is 0.200. The fourth-order valence-electron chi connectivity index (χ4n) is 0.393. The Bertz CT molecular complexity index is 70.3. The first kappa shape index (κ1) is 22.5. The van der Waals surface area contributed by atoms with Crippen LogP contribution >= 0.6 is 0 Å². The second-order valence-electron chi connectivity index (χ2n) is 1.09. The molecule has 50 valence electrons.